The SMILES string of the molecule is COC(=O)/C=C1/S/C(=N\N=Cc2ccc(OC)c(OC(F)(F)F)c2)NC1=O. The van der Waals surface area contributed by atoms with Crippen LogP contribution in [0.2, 0.25) is 0 Å². The summed E-state index contributed by atoms with van der Waals surface area (Å²) in [6.45, 7) is 0. The standard InChI is InChI=1S/C15H12F3N3O5S/c1-24-9-4-3-8(5-10(9)26-15(16,17)18)7-19-21-14-20-13(23)11(27-14)6-12(22)25-2/h3-7H,1-2H3,(H,20,21,23)/b11-6+,19-7?. The molecule has 1 aliphatic rings. The first kappa shape index (κ1) is 20.3. The highest BCUT2D eigenvalue weighted by molar-refractivity contribution is 8.18. The van der Waals surface area contributed by atoms with Gasteiger partial charge in [0.25, 0.3) is 5.91 Å². The van der Waals surface area contributed by atoms with E-state index in [1.807, 2.05) is 0 Å². The summed E-state index contributed by atoms with van der Waals surface area (Å²) in [5.41, 5.74) is 0.249. The zero-order valence-electron chi connectivity index (χ0n) is 13.9. The Hall–Kier alpha value is -3.02. The lowest BCUT2D eigenvalue weighted by atomic mass is 10.2. The van der Waals surface area contributed by atoms with E-state index in [0.717, 1.165) is 30.1 Å². The summed E-state index contributed by atoms with van der Waals surface area (Å²) in [5.74, 6) is -1.89. The summed E-state index contributed by atoms with van der Waals surface area (Å²) in [5, 5.41) is 9.88. The molecule has 27 heavy (non-hydrogen) atoms. The fourth-order valence-corrected chi connectivity index (χ4v) is 2.51. The number of alkyl halides is 3. The number of amidine groups is 1. The van der Waals surface area contributed by atoms with Crippen LogP contribution in [0.4, 0.5) is 13.2 Å². The third kappa shape index (κ3) is 6.02. The number of nitrogens with zero attached hydrogens (tertiary/aromatic N) is 2. The largest absolute Gasteiger partial charge is 0.573 e. The molecule has 1 saturated heterocycles. The third-order valence-electron chi connectivity index (χ3n) is 2.87. The minimum atomic E-state index is -4.88. The number of carbonyl (C=O) groups is 2. The smallest absolute Gasteiger partial charge is 0.493 e. The van der Waals surface area contributed by atoms with Gasteiger partial charge >= 0.3 is 12.3 Å². The number of esters is 1. The highest BCUT2D eigenvalue weighted by Gasteiger charge is 2.32. The molecule has 144 valence electrons. The van der Waals surface area contributed by atoms with Crippen molar-refractivity contribution >= 4 is 35.0 Å². The maximum Gasteiger partial charge on any atom is 0.573 e. The van der Waals surface area contributed by atoms with Crippen LogP contribution in [0.5, 0.6) is 11.5 Å². The summed E-state index contributed by atoms with van der Waals surface area (Å²) in [7, 11) is 2.37. The van der Waals surface area contributed by atoms with Gasteiger partial charge in [-0.3, -0.25) is 10.1 Å². The monoisotopic (exact) mass is 403 g/mol. The van der Waals surface area contributed by atoms with E-state index in [9.17, 15) is 22.8 Å². The Morgan fingerprint density at radius 3 is 2.63 bits per heavy atom. The first-order valence-electron chi connectivity index (χ1n) is 7.05. The Balaban J connectivity index is 2.13. The molecular formula is C15H12F3N3O5S. The summed E-state index contributed by atoms with van der Waals surface area (Å²) in [6, 6.07) is 3.78. The number of thioether (sulfide) groups is 1. The molecule has 0 aliphatic carbocycles. The Morgan fingerprint density at radius 1 is 1.26 bits per heavy atom. The molecule has 0 spiro atoms. The average Bonchev–Trinajstić information content (AvgIpc) is 2.93. The van der Waals surface area contributed by atoms with Gasteiger partial charge in [-0.2, -0.15) is 5.10 Å². The molecular weight excluding hydrogens is 391 g/mol. The van der Waals surface area contributed by atoms with E-state index in [-0.39, 0.29) is 21.4 Å². The molecule has 8 nitrogen and oxygen atoms in total. The van der Waals surface area contributed by atoms with E-state index in [0.29, 0.717) is 0 Å². The number of nitrogens with one attached hydrogen (secondary N) is 1. The van der Waals surface area contributed by atoms with Crippen molar-refractivity contribution in [2.45, 2.75) is 6.36 Å². The minimum absolute atomic E-state index is 0.0705. The van der Waals surface area contributed by atoms with E-state index < -0.39 is 24.0 Å². The van der Waals surface area contributed by atoms with Crippen LogP contribution in [0.25, 0.3) is 0 Å². The Labute approximate surface area is 155 Å². The molecule has 1 aromatic rings. The van der Waals surface area contributed by atoms with Crippen molar-refractivity contribution in [2.75, 3.05) is 14.2 Å². The molecule has 0 bridgehead atoms. The van der Waals surface area contributed by atoms with Crippen molar-refractivity contribution in [1.82, 2.24) is 5.32 Å². The molecule has 1 aromatic carbocycles. The average molecular weight is 403 g/mol. The van der Waals surface area contributed by atoms with Crippen LogP contribution in [0, 0.1) is 0 Å². The second-order valence-corrected chi connectivity index (χ2v) is 5.73. The number of methoxy groups -OCH3 is 2. The van der Waals surface area contributed by atoms with Crippen LogP contribution >= 0.6 is 11.8 Å². The fourth-order valence-electron chi connectivity index (χ4n) is 1.77. The van der Waals surface area contributed by atoms with Crippen molar-refractivity contribution in [1.29, 1.82) is 0 Å². The molecule has 1 N–H and O–H groups in total. The van der Waals surface area contributed by atoms with Crippen molar-refractivity contribution in [3.05, 3.63) is 34.7 Å². The number of rotatable bonds is 5. The highest BCUT2D eigenvalue weighted by Crippen LogP contribution is 2.32. The summed E-state index contributed by atoms with van der Waals surface area (Å²) >= 11 is 0.857. The van der Waals surface area contributed by atoms with E-state index in [2.05, 4.69) is 25.0 Å². The molecule has 0 atom stereocenters. The lowest BCUT2D eigenvalue weighted by Crippen LogP contribution is -2.19. The lowest BCUT2D eigenvalue weighted by Gasteiger charge is -2.12. The molecule has 1 fully saturated rings. The number of hydrogen-bond donors (Lipinski definition) is 1. The van der Waals surface area contributed by atoms with Crippen LogP contribution < -0.4 is 14.8 Å². The number of benzene rings is 1. The maximum absolute atomic E-state index is 12.4. The predicted octanol–water partition coefficient (Wildman–Crippen LogP) is 2.20. The van der Waals surface area contributed by atoms with Gasteiger partial charge in [-0.25, -0.2) is 4.79 Å². The normalized spacial score (nSPS) is 17.4. The highest BCUT2D eigenvalue weighted by atomic mass is 32.2. The molecule has 0 unspecified atom stereocenters. The second-order valence-electron chi connectivity index (χ2n) is 4.70. The number of ether oxygens (including phenoxy) is 3. The van der Waals surface area contributed by atoms with Crippen molar-refractivity contribution in [3.8, 4) is 11.5 Å². The van der Waals surface area contributed by atoms with Gasteiger partial charge in [0.2, 0.25) is 0 Å². The molecule has 0 radical (unpaired) electrons. The van der Waals surface area contributed by atoms with Crippen molar-refractivity contribution < 1.29 is 37.0 Å². The van der Waals surface area contributed by atoms with Gasteiger partial charge in [-0.15, -0.1) is 18.3 Å². The van der Waals surface area contributed by atoms with Gasteiger partial charge in [0.1, 0.15) is 0 Å². The summed E-state index contributed by atoms with van der Waals surface area (Å²) in [4.78, 5) is 22.8. The van der Waals surface area contributed by atoms with Gasteiger partial charge in [0, 0.05) is 6.08 Å². The molecule has 1 aliphatic heterocycles. The molecule has 1 heterocycles. The maximum atomic E-state index is 12.4. The quantitative estimate of drug-likeness (QED) is 0.350. The number of carbonyl (C=O) groups excluding carboxylic acids is 2. The van der Waals surface area contributed by atoms with Gasteiger partial charge in [-0.1, -0.05) is 0 Å². The van der Waals surface area contributed by atoms with Crippen LogP contribution in [0.15, 0.2) is 39.4 Å². The van der Waals surface area contributed by atoms with E-state index in [1.54, 1.807) is 0 Å². The molecule has 2 rings (SSSR count). The fraction of sp³-hybridized carbons (Fsp3) is 0.200. The van der Waals surface area contributed by atoms with Gasteiger partial charge in [0.15, 0.2) is 16.7 Å². The van der Waals surface area contributed by atoms with Gasteiger partial charge in [-0.05, 0) is 35.5 Å². The third-order valence-corrected chi connectivity index (χ3v) is 3.77. The summed E-state index contributed by atoms with van der Waals surface area (Å²) in [6.07, 6.45) is -2.72. The predicted molar refractivity (Wildman–Crippen MR) is 90.5 cm³/mol. The minimum Gasteiger partial charge on any atom is -0.493 e. The van der Waals surface area contributed by atoms with Crippen LogP contribution in [-0.4, -0.2) is 43.8 Å². The Kier molecular flexibility index (Phi) is 6.45. The van der Waals surface area contributed by atoms with Gasteiger partial charge in [0.05, 0.1) is 25.3 Å². The number of amides is 1. The zero-order chi connectivity index (χ0) is 20.0. The van der Waals surface area contributed by atoms with E-state index in [4.69, 9.17) is 4.74 Å². The first-order chi connectivity index (χ1) is 12.7. The lowest BCUT2D eigenvalue weighted by molar-refractivity contribution is -0.275. The number of hydrogen-bond acceptors (Lipinski definition) is 8. The van der Waals surface area contributed by atoms with E-state index >= 15 is 0 Å². The van der Waals surface area contributed by atoms with E-state index in [1.165, 1.54) is 26.4 Å². The van der Waals surface area contributed by atoms with Crippen molar-refractivity contribution in [2.24, 2.45) is 10.2 Å². The van der Waals surface area contributed by atoms with Crippen LogP contribution in [0.3, 0.4) is 0 Å². The topological polar surface area (TPSA) is 98.6 Å². The summed E-state index contributed by atoms with van der Waals surface area (Å²) < 4.78 is 50.4. The van der Waals surface area contributed by atoms with Crippen molar-refractivity contribution in [3.63, 3.8) is 0 Å². The first-order valence-corrected chi connectivity index (χ1v) is 7.87. The molecule has 0 aromatic heterocycles. The van der Waals surface area contributed by atoms with Crippen LogP contribution in [-0.2, 0) is 14.3 Å². The number of halogens is 3. The molecule has 1 amide bonds. The molecule has 12 heteroatoms. The van der Waals surface area contributed by atoms with Gasteiger partial charge < -0.3 is 14.2 Å². The van der Waals surface area contributed by atoms with Crippen LogP contribution in [0.1, 0.15) is 5.56 Å². The molecule has 0 saturated carbocycles. The zero-order valence-corrected chi connectivity index (χ0v) is 14.7. The second kappa shape index (κ2) is 8.58. The Morgan fingerprint density at radius 2 is 2.00 bits per heavy atom. The Bertz CT molecular complexity index is 836.